The Hall–Kier alpha value is -8.66. The molecule has 1 N–H and O–H groups in total. The molecule has 2 atom stereocenters. The van der Waals surface area contributed by atoms with E-state index in [1.54, 1.807) is 12.1 Å². The first-order chi connectivity index (χ1) is 38.2. The Morgan fingerprint density at radius 2 is 0.519 bits per heavy atom. The number of phenols is 1. The molecule has 11 aromatic carbocycles. The zero-order valence-corrected chi connectivity index (χ0v) is 47.0. The molecule has 0 saturated carbocycles. The minimum atomic E-state index is -0.199. The highest BCUT2D eigenvalue weighted by atomic mass is 16.3. The van der Waals surface area contributed by atoms with Crippen LogP contribution in [0.25, 0.3) is 21.5 Å². The predicted octanol–water partition coefficient (Wildman–Crippen LogP) is 20.9. The molecule has 0 saturated heterocycles. The van der Waals surface area contributed by atoms with E-state index in [4.69, 9.17) is 0 Å². The third-order valence-electron chi connectivity index (χ3n) is 17.2. The van der Waals surface area contributed by atoms with Crippen molar-refractivity contribution in [3.05, 3.63) is 305 Å². The van der Waals surface area contributed by atoms with E-state index in [-0.39, 0.29) is 16.2 Å². The van der Waals surface area contributed by atoms with Gasteiger partial charge < -0.3 is 14.9 Å². The molecule has 0 heterocycles. The monoisotopic (exact) mass is 1030 g/mol. The van der Waals surface area contributed by atoms with Gasteiger partial charge in [-0.05, 0) is 123 Å². The van der Waals surface area contributed by atoms with Crippen molar-refractivity contribution in [1.82, 2.24) is 0 Å². The van der Waals surface area contributed by atoms with Crippen molar-refractivity contribution >= 4 is 55.7 Å². The van der Waals surface area contributed by atoms with Crippen molar-refractivity contribution in [2.45, 2.75) is 89.9 Å². The van der Waals surface area contributed by atoms with Crippen LogP contribution in [-0.4, -0.2) is 5.11 Å². The lowest BCUT2D eigenvalue weighted by Gasteiger charge is -2.34. The van der Waals surface area contributed by atoms with Crippen molar-refractivity contribution in [2.24, 2.45) is 0 Å². The fourth-order valence-electron chi connectivity index (χ4n) is 12.1. The second kappa shape index (κ2) is 21.6. The zero-order chi connectivity index (χ0) is 54.9. The van der Waals surface area contributed by atoms with Gasteiger partial charge in [-0.25, -0.2) is 0 Å². The molecule has 0 aliphatic heterocycles. The lowest BCUT2D eigenvalue weighted by molar-refractivity contribution is 0.474. The Labute approximate surface area is 469 Å². The average Bonchev–Trinajstić information content (AvgIpc) is 3.57. The topological polar surface area (TPSA) is 26.7 Å². The van der Waals surface area contributed by atoms with Gasteiger partial charge in [-0.1, -0.05) is 256 Å². The standard InChI is InChI=1S/C76H72N2O/c1-53(52-54(2)56-34-50-67(79)51-35-56)55-32-42-63(43-33-55)77(64-44-36-60(37-45-64)74(3,4)57-22-12-9-13-23-57)72-68-28-18-20-30-70(68)73(71-31-21-19-29-69(71)72)78(65-46-38-61(39-47-65)75(5,6)58-24-14-10-15-25-58)66-48-40-62(41-49-66)76(7,8)59-26-16-11-17-27-59/h9-51,53-54,79H,52H2,1-8H3. The number of phenolic OH excluding ortho intramolecular Hbond substituents is 1. The van der Waals surface area contributed by atoms with E-state index >= 15 is 0 Å². The van der Waals surface area contributed by atoms with E-state index in [0.29, 0.717) is 17.6 Å². The largest absolute Gasteiger partial charge is 0.508 e. The molecule has 2 unspecified atom stereocenters. The summed E-state index contributed by atoms with van der Waals surface area (Å²) in [5, 5.41) is 14.6. The summed E-state index contributed by atoms with van der Waals surface area (Å²) < 4.78 is 0. The lowest BCUT2D eigenvalue weighted by atomic mass is 9.78. The molecule has 0 radical (unpaired) electrons. The molecule has 392 valence electrons. The van der Waals surface area contributed by atoms with Crippen LogP contribution in [0.5, 0.6) is 5.75 Å². The summed E-state index contributed by atoms with van der Waals surface area (Å²) in [5.41, 5.74) is 16.2. The van der Waals surface area contributed by atoms with Crippen LogP contribution in [0.15, 0.2) is 261 Å². The Morgan fingerprint density at radius 3 is 0.797 bits per heavy atom. The molecule has 11 rings (SSSR count). The van der Waals surface area contributed by atoms with Gasteiger partial charge in [0.25, 0.3) is 0 Å². The molecule has 0 spiro atoms. The molecule has 0 aromatic heterocycles. The molecule has 3 nitrogen and oxygen atoms in total. The van der Waals surface area contributed by atoms with Crippen LogP contribution < -0.4 is 9.80 Å². The van der Waals surface area contributed by atoms with Gasteiger partial charge in [-0.2, -0.15) is 0 Å². The maximum atomic E-state index is 10.00. The van der Waals surface area contributed by atoms with Gasteiger partial charge in [0, 0.05) is 60.5 Å². The number of benzene rings is 11. The summed E-state index contributed by atoms with van der Waals surface area (Å²) in [6, 6.07) is 95.4. The van der Waals surface area contributed by atoms with Crippen LogP contribution >= 0.6 is 0 Å². The second-order valence-electron chi connectivity index (χ2n) is 23.3. The molecular formula is C76H72N2O. The fourth-order valence-corrected chi connectivity index (χ4v) is 12.1. The molecule has 79 heavy (non-hydrogen) atoms. The van der Waals surface area contributed by atoms with Crippen LogP contribution in [0, 0.1) is 0 Å². The SMILES string of the molecule is CC(CC(C)c1ccc(N(c2ccc(C(C)(C)c3ccccc3)cc2)c2c3ccccc3c(N(c3ccc(C(C)(C)c4ccccc4)cc3)c3ccc(C(C)(C)c4ccccc4)cc3)c3ccccc23)cc1)c1ccc(O)cc1. The third-order valence-corrected chi connectivity index (χ3v) is 17.2. The number of anilines is 6. The molecule has 0 bridgehead atoms. The van der Waals surface area contributed by atoms with Gasteiger partial charge in [0.2, 0.25) is 0 Å². The molecule has 0 aliphatic carbocycles. The van der Waals surface area contributed by atoms with Gasteiger partial charge in [0.1, 0.15) is 5.75 Å². The van der Waals surface area contributed by atoms with E-state index < -0.39 is 0 Å². The van der Waals surface area contributed by atoms with Gasteiger partial charge in [-0.15, -0.1) is 0 Å². The molecular weight excluding hydrogens is 957 g/mol. The second-order valence-corrected chi connectivity index (χ2v) is 23.3. The van der Waals surface area contributed by atoms with Crippen LogP contribution in [0.1, 0.15) is 118 Å². The quantitative estimate of drug-likeness (QED) is 0.0772. The van der Waals surface area contributed by atoms with Gasteiger partial charge >= 0.3 is 0 Å². The first-order valence-electron chi connectivity index (χ1n) is 28.1. The lowest BCUT2D eigenvalue weighted by Crippen LogP contribution is -2.20. The molecule has 0 fully saturated rings. The summed E-state index contributed by atoms with van der Waals surface area (Å²) in [5.74, 6) is 0.947. The Balaban J connectivity index is 1.09. The molecule has 0 amide bonds. The summed E-state index contributed by atoms with van der Waals surface area (Å²) in [7, 11) is 0. The molecule has 0 aliphatic rings. The van der Waals surface area contributed by atoms with E-state index in [0.717, 1.165) is 62.1 Å². The van der Waals surface area contributed by atoms with Crippen LogP contribution in [0.2, 0.25) is 0 Å². The predicted molar refractivity (Wildman–Crippen MR) is 336 cm³/mol. The minimum absolute atomic E-state index is 0.197. The summed E-state index contributed by atoms with van der Waals surface area (Å²) in [6.45, 7) is 18.5. The molecule has 11 aromatic rings. The van der Waals surface area contributed by atoms with Gasteiger partial charge in [-0.3, -0.25) is 0 Å². The molecule has 3 heteroatoms. The summed E-state index contributed by atoms with van der Waals surface area (Å²) in [4.78, 5) is 4.99. The van der Waals surface area contributed by atoms with E-state index in [1.807, 2.05) is 12.1 Å². The van der Waals surface area contributed by atoms with Crippen molar-refractivity contribution in [3.8, 4) is 5.75 Å². The summed E-state index contributed by atoms with van der Waals surface area (Å²) in [6.07, 6.45) is 0.987. The highest BCUT2D eigenvalue weighted by Gasteiger charge is 2.30. The first kappa shape index (κ1) is 52.4. The van der Waals surface area contributed by atoms with E-state index in [1.165, 1.54) is 44.5 Å². The van der Waals surface area contributed by atoms with E-state index in [9.17, 15) is 5.11 Å². The number of aromatic hydroxyl groups is 1. The van der Waals surface area contributed by atoms with Gasteiger partial charge in [0.15, 0.2) is 0 Å². The Bertz CT molecular complexity index is 3680. The first-order valence-corrected chi connectivity index (χ1v) is 28.1. The van der Waals surface area contributed by atoms with Crippen LogP contribution in [0.3, 0.4) is 0 Å². The normalized spacial score (nSPS) is 12.8. The maximum Gasteiger partial charge on any atom is 0.115 e. The summed E-state index contributed by atoms with van der Waals surface area (Å²) >= 11 is 0. The number of hydrogen-bond donors (Lipinski definition) is 1. The smallest absolute Gasteiger partial charge is 0.115 e. The van der Waals surface area contributed by atoms with Crippen molar-refractivity contribution in [3.63, 3.8) is 0 Å². The van der Waals surface area contributed by atoms with Crippen LogP contribution in [0.4, 0.5) is 34.1 Å². The highest BCUT2D eigenvalue weighted by Crippen LogP contribution is 2.52. The maximum absolute atomic E-state index is 10.00. The van der Waals surface area contributed by atoms with Crippen molar-refractivity contribution in [2.75, 3.05) is 9.80 Å². The fraction of sp³-hybridized carbons (Fsp3) is 0.184. The average molecular weight is 1030 g/mol. The van der Waals surface area contributed by atoms with Crippen LogP contribution in [-0.2, 0) is 16.2 Å². The Kier molecular flexibility index (Phi) is 14.4. The number of rotatable bonds is 16. The van der Waals surface area contributed by atoms with Crippen molar-refractivity contribution in [1.29, 1.82) is 0 Å². The number of nitrogens with zero attached hydrogens (tertiary/aromatic N) is 2. The Morgan fingerprint density at radius 1 is 0.291 bits per heavy atom. The van der Waals surface area contributed by atoms with Crippen molar-refractivity contribution < 1.29 is 5.11 Å². The third kappa shape index (κ3) is 10.2. The minimum Gasteiger partial charge on any atom is -0.508 e. The number of fused-ring (bicyclic) bond motifs is 2. The number of hydrogen-bond acceptors (Lipinski definition) is 3. The van der Waals surface area contributed by atoms with Gasteiger partial charge in [0.05, 0.1) is 11.4 Å². The van der Waals surface area contributed by atoms with E-state index in [2.05, 4.69) is 302 Å². The zero-order valence-electron chi connectivity index (χ0n) is 47.0. The highest BCUT2D eigenvalue weighted by molar-refractivity contribution is 6.23.